The zero-order valence-electron chi connectivity index (χ0n) is 22.1. The Morgan fingerprint density at radius 2 is 1.93 bits per heavy atom. The summed E-state index contributed by atoms with van der Waals surface area (Å²) < 4.78 is 21.6. The number of carbonyl (C=O) groups excluding carboxylic acids is 2. The van der Waals surface area contributed by atoms with Crippen molar-refractivity contribution in [3.05, 3.63) is 66.2 Å². The van der Waals surface area contributed by atoms with Crippen molar-refractivity contribution < 1.29 is 23.8 Å². The van der Waals surface area contributed by atoms with Crippen LogP contribution in [0.3, 0.4) is 0 Å². The van der Waals surface area contributed by atoms with Crippen LogP contribution in [0, 0.1) is 5.82 Å². The van der Waals surface area contributed by atoms with Gasteiger partial charge in [0.25, 0.3) is 0 Å². The highest BCUT2D eigenvalue weighted by molar-refractivity contribution is 7.22. The van der Waals surface area contributed by atoms with E-state index in [4.69, 9.17) is 9.84 Å². The summed E-state index contributed by atoms with van der Waals surface area (Å²) in [6, 6.07) is 11.9. The molecule has 41 heavy (non-hydrogen) atoms. The van der Waals surface area contributed by atoms with Gasteiger partial charge in [-0.3, -0.25) is 19.7 Å². The van der Waals surface area contributed by atoms with Gasteiger partial charge in [0.1, 0.15) is 12.4 Å². The molecule has 1 atom stereocenters. The Morgan fingerprint density at radius 1 is 1.05 bits per heavy atom. The van der Waals surface area contributed by atoms with E-state index in [-0.39, 0.29) is 29.8 Å². The van der Waals surface area contributed by atoms with Gasteiger partial charge in [-0.05, 0) is 49.1 Å². The summed E-state index contributed by atoms with van der Waals surface area (Å²) in [6.07, 6.45) is 6.25. The van der Waals surface area contributed by atoms with Gasteiger partial charge in [0, 0.05) is 61.9 Å². The number of aliphatic hydroxyl groups excluding tert-OH is 1. The normalized spacial score (nSPS) is 17.0. The molecule has 1 aromatic carbocycles. The van der Waals surface area contributed by atoms with Gasteiger partial charge in [-0.25, -0.2) is 9.18 Å². The number of hydrogen-bond donors (Lipinski definition) is 4. The summed E-state index contributed by atoms with van der Waals surface area (Å²) >= 11 is 1.46. The van der Waals surface area contributed by atoms with Crippen molar-refractivity contribution in [3.8, 4) is 22.1 Å². The molecule has 1 aliphatic heterocycles. The summed E-state index contributed by atoms with van der Waals surface area (Å²) in [5.41, 5.74) is 2.92. The molecule has 3 aromatic heterocycles. The molecule has 10 nitrogen and oxygen atoms in total. The fourth-order valence-electron chi connectivity index (χ4n) is 4.77. The van der Waals surface area contributed by atoms with Gasteiger partial charge in [-0.1, -0.05) is 6.07 Å². The SMILES string of the molecule is O=C(CO)N[C@H]1CCN(Cc2ccc(-c3cc4nccc(Oc5ccc(NC(=O)NC6CC6)cc5F)c4s3)nc2)C1. The Bertz CT molecular complexity index is 1580. The number of halogens is 1. The first kappa shape index (κ1) is 27.1. The minimum atomic E-state index is -0.590. The lowest BCUT2D eigenvalue weighted by atomic mass is 10.2. The van der Waals surface area contributed by atoms with Crippen molar-refractivity contribution in [2.24, 2.45) is 0 Å². The molecule has 0 unspecified atom stereocenters. The predicted octanol–water partition coefficient (Wildman–Crippen LogP) is 4.26. The third-order valence-electron chi connectivity index (χ3n) is 6.96. The van der Waals surface area contributed by atoms with Crippen LogP contribution in [0.4, 0.5) is 14.9 Å². The number of carbonyl (C=O) groups is 2. The molecule has 0 radical (unpaired) electrons. The lowest BCUT2D eigenvalue weighted by molar-refractivity contribution is -0.124. The number of benzene rings is 1. The third kappa shape index (κ3) is 6.62. The summed E-state index contributed by atoms with van der Waals surface area (Å²) in [6.45, 7) is 1.81. The maximum absolute atomic E-state index is 14.9. The van der Waals surface area contributed by atoms with Crippen LogP contribution >= 0.6 is 11.3 Å². The number of aliphatic hydroxyl groups is 1. The molecule has 0 bridgehead atoms. The van der Waals surface area contributed by atoms with Gasteiger partial charge < -0.3 is 25.8 Å². The molecule has 12 heteroatoms. The topological polar surface area (TPSA) is 129 Å². The van der Waals surface area contributed by atoms with Crippen molar-refractivity contribution in [2.75, 3.05) is 25.0 Å². The van der Waals surface area contributed by atoms with Gasteiger partial charge in [-0.2, -0.15) is 0 Å². The van der Waals surface area contributed by atoms with E-state index < -0.39 is 12.4 Å². The van der Waals surface area contributed by atoms with E-state index in [1.165, 1.54) is 23.5 Å². The molecule has 1 aliphatic carbocycles. The molecule has 4 aromatic rings. The van der Waals surface area contributed by atoms with Crippen LogP contribution < -0.4 is 20.7 Å². The largest absolute Gasteiger partial charge is 0.453 e. The molecule has 0 spiro atoms. The lowest BCUT2D eigenvalue weighted by Gasteiger charge is -2.16. The number of likely N-dealkylation sites (tertiary alicyclic amines) is 1. The number of urea groups is 1. The zero-order chi connectivity index (χ0) is 28.3. The van der Waals surface area contributed by atoms with Crippen molar-refractivity contribution in [1.29, 1.82) is 0 Å². The highest BCUT2D eigenvalue weighted by atomic mass is 32.1. The number of ether oxygens (including phenoxy) is 1. The molecule has 4 N–H and O–H groups in total. The number of pyridine rings is 2. The fraction of sp³-hybridized carbons (Fsp3) is 0.310. The Labute approximate surface area is 239 Å². The lowest BCUT2D eigenvalue weighted by Crippen LogP contribution is -2.38. The molecule has 6 rings (SSSR count). The van der Waals surface area contributed by atoms with Crippen LogP contribution in [0.2, 0.25) is 0 Å². The minimum Gasteiger partial charge on any atom is -0.453 e. The summed E-state index contributed by atoms with van der Waals surface area (Å²) in [5, 5.41) is 17.2. The average molecular weight is 577 g/mol. The second-order valence-corrected chi connectivity index (χ2v) is 11.3. The number of fused-ring (bicyclic) bond motifs is 1. The Balaban J connectivity index is 1.11. The van der Waals surface area contributed by atoms with Gasteiger partial charge in [0.2, 0.25) is 5.91 Å². The maximum Gasteiger partial charge on any atom is 0.319 e. The number of hydrogen-bond acceptors (Lipinski definition) is 8. The Hall–Kier alpha value is -4.13. The Kier molecular flexibility index (Phi) is 7.77. The zero-order valence-corrected chi connectivity index (χ0v) is 22.9. The van der Waals surface area contributed by atoms with Gasteiger partial charge in [0.05, 0.1) is 20.8 Å². The molecular formula is C29H29FN6O4S. The number of anilines is 1. The second-order valence-electron chi connectivity index (χ2n) is 10.3. The number of aromatic nitrogens is 2. The number of nitrogens with one attached hydrogen (secondary N) is 3. The van der Waals surface area contributed by atoms with E-state index in [1.807, 2.05) is 24.4 Å². The first-order valence-corrected chi connectivity index (χ1v) is 14.3. The van der Waals surface area contributed by atoms with Crippen LogP contribution in [-0.2, 0) is 11.3 Å². The van der Waals surface area contributed by atoms with Crippen LogP contribution in [-0.4, -0.2) is 63.7 Å². The van der Waals surface area contributed by atoms with Crippen molar-refractivity contribution >= 4 is 39.2 Å². The van der Waals surface area contributed by atoms with Crippen LogP contribution in [0.25, 0.3) is 20.8 Å². The molecule has 3 amide bonds. The van der Waals surface area contributed by atoms with Crippen molar-refractivity contribution in [3.63, 3.8) is 0 Å². The van der Waals surface area contributed by atoms with Crippen molar-refractivity contribution in [1.82, 2.24) is 25.5 Å². The van der Waals surface area contributed by atoms with E-state index in [9.17, 15) is 14.0 Å². The smallest absolute Gasteiger partial charge is 0.319 e. The number of rotatable bonds is 9. The molecule has 1 saturated heterocycles. The quantitative estimate of drug-likeness (QED) is 0.234. The first-order valence-electron chi connectivity index (χ1n) is 13.4. The summed E-state index contributed by atoms with van der Waals surface area (Å²) in [4.78, 5) is 35.7. The number of nitrogens with zero attached hydrogens (tertiary/aromatic N) is 3. The van der Waals surface area contributed by atoms with Gasteiger partial charge in [0.15, 0.2) is 11.6 Å². The molecule has 2 fully saturated rings. The monoisotopic (exact) mass is 576 g/mol. The molecule has 4 heterocycles. The molecule has 2 aliphatic rings. The van der Waals surface area contributed by atoms with Crippen LogP contribution in [0.15, 0.2) is 54.9 Å². The van der Waals surface area contributed by atoms with Gasteiger partial charge >= 0.3 is 6.03 Å². The number of amides is 3. The van der Waals surface area contributed by atoms with Crippen LogP contribution in [0.5, 0.6) is 11.5 Å². The summed E-state index contributed by atoms with van der Waals surface area (Å²) in [7, 11) is 0. The number of thiophene rings is 1. The summed E-state index contributed by atoms with van der Waals surface area (Å²) in [5.74, 6) is -0.415. The van der Waals surface area contributed by atoms with E-state index >= 15 is 0 Å². The maximum atomic E-state index is 14.9. The first-order chi connectivity index (χ1) is 19.9. The highest BCUT2D eigenvalue weighted by Gasteiger charge is 2.24. The van der Waals surface area contributed by atoms with E-state index in [0.29, 0.717) is 11.4 Å². The van der Waals surface area contributed by atoms with E-state index in [1.54, 1.807) is 18.3 Å². The van der Waals surface area contributed by atoms with E-state index in [0.717, 1.165) is 65.2 Å². The van der Waals surface area contributed by atoms with Crippen LogP contribution in [0.1, 0.15) is 24.8 Å². The molecular weight excluding hydrogens is 547 g/mol. The molecule has 1 saturated carbocycles. The second kappa shape index (κ2) is 11.8. The third-order valence-corrected chi connectivity index (χ3v) is 8.12. The van der Waals surface area contributed by atoms with E-state index in [2.05, 4.69) is 30.8 Å². The van der Waals surface area contributed by atoms with Gasteiger partial charge in [-0.15, -0.1) is 11.3 Å². The fourth-order valence-corrected chi connectivity index (χ4v) is 5.81. The highest BCUT2D eigenvalue weighted by Crippen LogP contribution is 2.39. The minimum absolute atomic E-state index is 0.0446. The molecule has 212 valence electrons. The standard InChI is InChI=1S/C29H29FN6O4S/c30-21-11-19(35-29(39)34-18-2-3-18)4-6-24(21)40-25-7-9-31-23-12-26(41-28(23)25)22-5-1-17(13-32-22)14-36-10-8-20(15-36)33-27(38)16-37/h1,4-7,9,11-13,18,20,37H,2-3,8,10,14-16H2,(H,33,38)(H2,34,35,39)/t20-/m0/s1. The Morgan fingerprint density at radius 3 is 2.68 bits per heavy atom. The predicted molar refractivity (Wildman–Crippen MR) is 153 cm³/mol. The average Bonchev–Trinajstić information content (AvgIpc) is 3.48. The van der Waals surface area contributed by atoms with Crippen molar-refractivity contribution in [2.45, 2.75) is 37.9 Å².